The topological polar surface area (TPSA) is 76.5 Å². The Morgan fingerprint density at radius 1 is 1.21 bits per heavy atom. The first-order chi connectivity index (χ1) is 9.22. The highest BCUT2D eigenvalue weighted by atomic mass is 16.5. The second-order valence-corrected chi connectivity index (χ2v) is 4.77. The van der Waals surface area contributed by atoms with E-state index in [1.165, 1.54) is 6.42 Å². The molecule has 1 aromatic heterocycles. The van der Waals surface area contributed by atoms with Gasteiger partial charge in [-0.3, -0.25) is 0 Å². The summed E-state index contributed by atoms with van der Waals surface area (Å²) in [6.45, 7) is 0.664. The minimum atomic E-state index is -0.228. The standard InChI is InChI=1S/C13H21N3O3/c1-18-11-7-12(19-2)16-13(15-11)14-8-9-5-3-4-6-10(9)17/h7,9-10,17H,3-6,8H2,1-2H3,(H,14,15,16). The second kappa shape index (κ2) is 6.56. The lowest BCUT2D eigenvalue weighted by Crippen LogP contribution is -2.30. The van der Waals surface area contributed by atoms with Crippen LogP contribution in [0.1, 0.15) is 25.7 Å². The number of nitrogens with zero attached hydrogens (tertiary/aromatic N) is 2. The number of nitrogens with one attached hydrogen (secondary N) is 1. The molecule has 1 saturated carbocycles. The molecule has 19 heavy (non-hydrogen) atoms. The fraction of sp³-hybridized carbons (Fsp3) is 0.692. The zero-order valence-corrected chi connectivity index (χ0v) is 11.4. The molecule has 1 aliphatic carbocycles. The summed E-state index contributed by atoms with van der Waals surface area (Å²) < 4.78 is 10.2. The van der Waals surface area contributed by atoms with E-state index in [0.29, 0.717) is 24.3 Å². The van der Waals surface area contributed by atoms with Crippen LogP contribution in [0.2, 0.25) is 0 Å². The molecular formula is C13H21N3O3. The van der Waals surface area contributed by atoms with E-state index in [1.807, 2.05) is 0 Å². The van der Waals surface area contributed by atoms with E-state index in [-0.39, 0.29) is 12.0 Å². The van der Waals surface area contributed by atoms with Crippen molar-refractivity contribution in [1.29, 1.82) is 0 Å². The normalized spacial score (nSPS) is 22.9. The number of aliphatic hydroxyl groups excluding tert-OH is 1. The van der Waals surface area contributed by atoms with Gasteiger partial charge in [0.05, 0.1) is 26.4 Å². The maximum Gasteiger partial charge on any atom is 0.229 e. The third kappa shape index (κ3) is 3.70. The second-order valence-electron chi connectivity index (χ2n) is 4.77. The predicted octanol–water partition coefficient (Wildman–Crippen LogP) is 1.46. The van der Waals surface area contributed by atoms with Crippen molar-refractivity contribution >= 4 is 5.95 Å². The molecule has 2 rings (SSSR count). The lowest BCUT2D eigenvalue weighted by molar-refractivity contribution is 0.0762. The summed E-state index contributed by atoms with van der Waals surface area (Å²) >= 11 is 0. The SMILES string of the molecule is COc1cc(OC)nc(NCC2CCCCC2O)n1. The Labute approximate surface area is 113 Å². The van der Waals surface area contributed by atoms with Crippen LogP contribution in [0.3, 0.4) is 0 Å². The van der Waals surface area contributed by atoms with Crippen LogP contribution in [-0.4, -0.2) is 41.9 Å². The lowest BCUT2D eigenvalue weighted by atomic mass is 9.86. The van der Waals surface area contributed by atoms with Crippen LogP contribution in [0.4, 0.5) is 5.95 Å². The van der Waals surface area contributed by atoms with E-state index in [4.69, 9.17) is 9.47 Å². The van der Waals surface area contributed by atoms with Gasteiger partial charge in [-0.05, 0) is 12.8 Å². The van der Waals surface area contributed by atoms with Crippen LogP contribution in [-0.2, 0) is 0 Å². The van der Waals surface area contributed by atoms with Crippen molar-refractivity contribution in [2.24, 2.45) is 5.92 Å². The highest BCUT2D eigenvalue weighted by Crippen LogP contribution is 2.25. The number of rotatable bonds is 5. The molecule has 2 atom stereocenters. The Balaban J connectivity index is 1.98. The number of aliphatic hydroxyl groups is 1. The van der Waals surface area contributed by atoms with E-state index in [9.17, 15) is 5.11 Å². The van der Waals surface area contributed by atoms with Gasteiger partial charge in [0.25, 0.3) is 0 Å². The molecule has 1 fully saturated rings. The van der Waals surface area contributed by atoms with Gasteiger partial charge in [0.2, 0.25) is 17.7 Å². The van der Waals surface area contributed by atoms with Gasteiger partial charge in [-0.15, -0.1) is 0 Å². The highest BCUT2D eigenvalue weighted by Gasteiger charge is 2.23. The Hall–Kier alpha value is -1.56. The third-order valence-electron chi connectivity index (χ3n) is 3.49. The van der Waals surface area contributed by atoms with Crippen molar-refractivity contribution in [2.75, 3.05) is 26.1 Å². The van der Waals surface area contributed by atoms with Gasteiger partial charge in [0, 0.05) is 12.5 Å². The first kappa shape index (κ1) is 13.9. The largest absolute Gasteiger partial charge is 0.481 e. The molecule has 1 heterocycles. The van der Waals surface area contributed by atoms with Crippen LogP contribution < -0.4 is 14.8 Å². The zero-order valence-electron chi connectivity index (χ0n) is 11.4. The van der Waals surface area contributed by atoms with Crippen LogP contribution in [0.25, 0.3) is 0 Å². The smallest absolute Gasteiger partial charge is 0.229 e. The van der Waals surface area contributed by atoms with E-state index < -0.39 is 0 Å². The van der Waals surface area contributed by atoms with E-state index in [1.54, 1.807) is 20.3 Å². The lowest BCUT2D eigenvalue weighted by Gasteiger charge is -2.27. The molecule has 1 aliphatic rings. The van der Waals surface area contributed by atoms with Crippen LogP contribution in [0.5, 0.6) is 11.8 Å². The van der Waals surface area contributed by atoms with Crippen molar-refractivity contribution < 1.29 is 14.6 Å². The third-order valence-corrected chi connectivity index (χ3v) is 3.49. The number of anilines is 1. The molecule has 0 bridgehead atoms. The Bertz CT molecular complexity index is 392. The van der Waals surface area contributed by atoms with Gasteiger partial charge in [0.15, 0.2) is 0 Å². The molecule has 0 amide bonds. The first-order valence-corrected chi connectivity index (χ1v) is 6.62. The van der Waals surface area contributed by atoms with Crippen molar-refractivity contribution in [3.05, 3.63) is 6.07 Å². The number of hydrogen-bond acceptors (Lipinski definition) is 6. The van der Waals surface area contributed by atoms with Crippen molar-refractivity contribution in [3.63, 3.8) is 0 Å². The van der Waals surface area contributed by atoms with E-state index in [2.05, 4.69) is 15.3 Å². The molecule has 2 N–H and O–H groups in total. The number of aromatic nitrogens is 2. The number of methoxy groups -OCH3 is 2. The Morgan fingerprint density at radius 3 is 2.42 bits per heavy atom. The summed E-state index contributed by atoms with van der Waals surface area (Å²) in [5, 5.41) is 13.1. The molecule has 106 valence electrons. The fourth-order valence-corrected chi connectivity index (χ4v) is 2.34. The summed E-state index contributed by atoms with van der Waals surface area (Å²) in [5.74, 6) is 1.64. The van der Waals surface area contributed by atoms with Gasteiger partial charge < -0.3 is 19.9 Å². The van der Waals surface area contributed by atoms with Crippen LogP contribution >= 0.6 is 0 Å². The van der Waals surface area contributed by atoms with Crippen molar-refractivity contribution in [2.45, 2.75) is 31.8 Å². The first-order valence-electron chi connectivity index (χ1n) is 6.62. The molecule has 6 nitrogen and oxygen atoms in total. The average Bonchev–Trinajstić information content (AvgIpc) is 2.46. The van der Waals surface area contributed by atoms with E-state index in [0.717, 1.165) is 19.3 Å². The zero-order chi connectivity index (χ0) is 13.7. The molecule has 0 aliphatic heterocycles. The van der Waals surface area contributed by atoms with Crippen LogP contribution in [0, 0.1) is 5.92 Å². The van der Waals surface area contributed by atoms with Gasteiger partial charge in [-0.1, -0.05) is 12.8 Å². The number of ether oxygens (including phenoxy) is 2. The van der Waals surface area contributed by atoms with Crippen molar-refractivity contribution in [3.8, 4) is 11.8 Å². The summed E-state index contributed by atoms with van der Waals surface area (Å²) in [7, 11) is 3.10. The molecule has 0 radical (unpaired) electrons. The highest BCUT2D eigenvalue weighted by molar-refractivity contribution is 5.33. The van der Waals surface area contributed by atoms with Gasteiger partial charge in [0.1, 0.15) is 0 Å². The molecule has 6 heteroatoms. The predicted molar refractivity (Wildman–Crippen MR) is 71.6 cm³/mol. The van der Waals surface area contributed by atoms with Gasteiger partial charge in [-0.2, -0.15) is 9.97 Å². The van der Waals surface area contributed by atoms with Gasteiger partial charge >= 0.3 is 0 Å². The Kier molecular flexibility index (Phi) is 4.79. The molecule has 0 saturated heterocycles. The summed E-state index contributed by atoms with van der Waals surface area (Å²) in [6.07, 6.45) is 3.98. The molecule has 1 aromatic rings. The van der Waals surface area contributed by atoms with Gasteiger partial charge in [-0.25, -0.2) is 0 Å². The fourth-order valence-electron chi connectivity index (χ4n) is 2.34. The number of hydrogen-bond donors (Lipinski definition) is 2. The van der Waals surface area contributed by atoms with Crippen LogP contribution in [0.15, 0.2) is 6.07 Å². The molecule has 0 spiro atoms. The molecule has 0 aromatic carbocycles. The quantitative estimate of drug-likeness (QED) is 0.841. The summed E-state index contributed by atoms with van der Waals surface area (Å²) in [6, 6.07) is 1.63. The summed E-state index contributed by atoms with van der Waals surface area (Å²) in [5.41, 5.74) is 0. The Morgan fingerprint density at radius 2 is 1.84 bits per heavy atom. The maximum absolute atomic E-state index is 9.92. The minimum Gasteiger partial charge on any atom is -0.481 e. The summed E-state index contributed by atoms with van der Waals surface area (Å²) in [4.78, 5) is 8.41. The average molecular weight is 267 g/mol. The van der Waals surface area contributed by atoms with E-state index >= 15 is 0 Å². The monoisotopic (exact) mass is 267 g/mol. The van der Waals surface area contributed by atoms with Crippen molar-refractivity contribution in [1.82, 2.24) is 9.97 Å². The minimum absolute atomic E-state index is 0.228. The molecular weight excluding hydrogens is 246 g/mol. The molecule has 2 unspecified atom stereocenters. The maximum atomic E-state index is 9.92.